The van der Waals surface area contributed by atoms with E-state index in [1.165, 1.54) is 12.3 Å². The van der Waals surface area contributed by atoms with Gasteiger partial charge in [0, 0.05) is 28.5 Å². The van der Waals surface area contributed by atoms with Gasteiger partial charge >= 0.3 is 0 Å². The van der Waals surface area contributed by atoms with Crippen LogP contribution in [0, 0.1) is 0 Å². The van der Waals surface area contributed by atoms with E-state index in [1.54, 1.807) is 0 Å². The van der Waals surface area contributed by atoms with Crippen LogP contribution in [-0.4, -0.2) is 4.98 Å². The maximum atomic E-state index is 6.64. The highest BCUT2D eigenvalue weighted by atomic mass is 35.5. The second-order valence-electron chi connectivity index (χ2n) is 7.45. The maximum Gasteiger partial charge on any atom is 0.0809 e. The summed E-state index contributed by atoms with van der Waals surface area (Å²) < 4.78 is 0. The van der Waals surface area contributed by atoms with Gasteiger partial charge in [0.1, 0.15) is 0 Å². The predicted molar refractivity (Wildman–Crippen MR) is 176 cm³/mol. The average molecular weight is 824 g/mol. The van der Waals surface area contributed by atoms with Crippen molar-refractivity contribution in [2.75, 3.05) is 0 Å². The number of benzene rings is 3. The number of pyridine rings is 1. The van der Waals surface area contributed by atoms with Gasteiger partial charge in [-0.05, 0) is 11.6 Å². The molecule has 4 rings (SSSR count). The molecule has 1 heterocycles. The highest BCUT2D eigenvalue weighted by molar-refractivity contribution is 6.59. The molecule has 204 valence electrons. The van der Waals surface area contributed by atoms with Crippen molar-refractivity contribution in [1.82, 2.24) is 4.98 Å². The Balaban J connectivity index is 2.23. The van der Waals surface area contributed by atoms with Crippen LogP contribution in [0.3, 0.4) is 0 Å². The third-order valence-corrected chi connectivity index (χ3v) is 12.2. The quantitative estimate of drug-likeness (QED) is 0.148. The van der Waals surface area contributed by atoms with E-state index in [4.69, 9.17) is 174 Å². The lowest BCUT2D eigenvalue weighted by molar-refractivity contribution is 1.32. The van der Waals surface area contributed by atoms with Gasteiger partial charge in [-0.15, -0.1) is 0 Å². The van der Waals surface area contributed by atoms with Crippen molar-refractivity contribution in [2.45, 2.75) is 0 Å². The Labute approximate surface area is 296 Å². The summed E-state index contributed by atoms with van der Waals surface area (Å²) in [5, 5.41) is -0.806. The van der Waals surface area contributed by atoms with E-state index in [9.17, 15) is 0 Å². The molecule has 1 nitrogen and oxygen atoms in total. The fourth-order valence-corrected chi connectivity index (χ4v) is 7.53. The lowest BCUT2D eigenvalue weighted by Crippen LogP contribution is -1.97. The van der Waals surface area contributed by atoms with Gasteiger partial charge in [0.05, 0.1) is 81.0 Å². The Morgan fingerprint density at radius 1 is 0.308 bits per heavy atom. The minimum absolute atomic E-state index is 0.0275. The summed E-state index contributed by atoms with van der Waals surface area (Å²) in [5.41, 5.74) is 1.06. The molecule has 1 aromatic heterocycles. The Kier molecular flexibility index (Phi) is 10.7. The molecule has 0 unspecified atom stereocenters. The fraction of sp³-hybridized carbons (Fsp3) is 0. The number of aromatic nitrogens is 1. The first-order valence-electron chi connectivity index (χ1n) is 9.68. The molecule has 0 saturated heterocycles. The number of hydrogen-bond donors (Lipinski definition) is 0. The van der Waals surface area contributed by atoms with Crippen molar-refractivity contribution in [3.05, 3.63) is 87.6 Å². The van der Waals surface area contributed by atoms with E-state index in [0.717, 1.165) is 0 Å². The zero-order chi connectivity index (χ0) is 29.2. The third-order valence-electron chi connectivity index (χ3n) is 5.33. The fourth-order valence-electron chi connectivity index (χ4n) is 3.51. The molecule has 0 saturated carbocycles. The molecule has 0 aliphatic heterocycles. The zero-order valence-corrected chi connectivity index (χ0v) is 29.1. The number of nitrogens with zero attached hydrogens (tertiary/aromatic N) is 1. The monoisotopic (exact) mass is 817 g/mol. The second kappa shape index (κ2) is 12.6. The van der Waals surface area contributed by atoms with E-state index >= 15 is 0 Å². The summed E-state index contributed by atoms with van der Waals surface area (Å²) in [6.45, 7) is 0. The van der Waals surface area contributed by atoms with Gasteiger partial charge in [0.25, 0.3) is 0 Å². The van der Waals surface area contributed by atoms with Crippen LogP contribution < -0.4 is 0 Å². The molecule has 0 bridgehead atoms. The minimum Gasteiger partial charge on any atom is -0.255 e. The van der Waals surface area contributed by atoms with E-state index in [-0.39, 0.29) is 109 Å². The van der Waals surface area contributed by atoms with Crippen LogP contribution in [0.25, 0.3) is 33.5 Å². The lowest BCUT2D eigenvalue weighted by atomic mass is 9.94. The van der Waals surface area contributed by atoms with Crippen molar-refractivity contribution in [3.63, 3.8) is 0 Å². The highest BCUT2D eigenvalue weighted by Crippen LogP contribution is 2.55. The van der Waals surface area contributed by atoms with Crippen LogP contribution in [0.15, 0.2) is 12.3 Å². The van der Waals surface area contributed by atoms with Gasteiger partial charge in [0.2, 0.25) is 0 Å². The summed E-state index contributed by atoms with van der Waals surface area (Å²) in [4.78, 5) is 4.49. The van der Waals surface area contributed by atoms with Gasteiger partial charge in [-0.2, -0.15) is 0 Å². The first kappa shape index (κ1) is 33.1. The van der Waals surface area contributed by atoms with Crippen molar-refractivity contribution >= 4 is 174 Å². The van der Waals surface area contributed by atoms with Gasteiger partial charge in [-0.3, -0.25) is 4.98 Å². The highest BCUT2D eigenvalue weighted by Gasteiger charge is 2.29. The maximum absolute atomic E-state index is 6.64. The molecule has 0 fully saturated rings. The number of hydrogen-bond acceptors (Lipinski definition) is 1. The molecule has 4 aromatic rings. The van der Waals surface area contributed by atoms with Crippen LogP contribution >= 0.6 is 174 Å². The Morgan fingerprint density at radius 3 is 0.897 bits per heavy atom. The van der Waals surface area contributed by atoms with Crippen LogP contribution in [0.2, 0.25) is 75.3 Å². The molecular weight excluding hydrogens is 822 g/mol. The summed E-state index contributed by atoms with van der Waals surface area (Å²) >= 11 is 96.1. The number of halogens is 15. The minimum atomic E-state index is -0.0787. The second-order valence-corrected chi connectivity index (χ2v) is 13.1. The van der Waals surface area contributed by atoms with E-state index in [2.05, 4.69) is 4.98 Å². The van der Waals surface area contributed by atoms with Crippen molar-refractivity contribution in [2.24, 2.45) is 0 Å². The SMILES string of the molecule is Clc1c(Cl)c(Cl)c(-c2cc(-c3c(Cl)c(Cl)c(Cl)c(Cl)c3Cl)c(-c3c(Cl)c(Cl)c(Cl)c(Cl)c3Cl)cn2)c(Cl)c1Cl. The molecule has 39 heavy (non-hydrogen) atoms. The van der Waals surface area contributed by atoms with Crippen LogP contribution in [0.5, 0.6) is 0 Å². The average Bonchev–Trinajstić information content (AvgIpc) is 2.91. The molecule has 0 spiro atoms. The lowest BCUT2D eigenvalue weighted by Gasteiger charge is -2.20. The molecule has 0 amide bonds. The predicted octanol–water partition coefficient (Wildman–Crippen LogP) is 15.9. The van der Waals surface area contributed by atoms with Crippen molar-refractivity contribution in [1.29, 1.82) is 0 Å². The zero-order valence-electron chi connectivity index (χ0n) is 17.8. The first-order chi connectivity index (χ1) is 18.1. The molecule has 0 radical (unpaired) electrons. The Morgan fingerprint density at radius 2 is 0.564 bits per heavy atom. The molecule has 16 heteroatoms. The normalized spacial score (nSPS) is 11.5. The molecule has 3 aromatic carbocycles. The van der Waals surface area contributed by atoms with Crippen molar-refractivity contribution < 1.29 is 0 Å². The first-order valence-corrected chi connectivity index (χ1v) is 15.4. The summed E-state index contributed by atoms with van der Waals surface area (Å²) in [5.74, 6) is 0. The van der Waals surface area contributed by atoms with Gasteiger partial charge in [-0.25, -0.2) is 0 Å². The van der Waals surface area contributed by atoms with E-state index in [1.807, 2.05) is 0 Å². The van der Waals surface area contributed by atoms with Crippen LogP contribution in [0.1, 0.15) is 0 Å². The molecule has 0 aliphatic rings. The Hall–Kier alpha value is 1.16. The smallest absolute Gasteiger partial charge is 0.0809 e. The van der Waals surface area contributed by atoms with Gasteiger partial charge < -0.3 is 0 Å². The standard InChI is InChI=1S/C23H2Cl15N/c24-9-6(10(25)16(31)21(36)15(9)30)3-1-5(8-13(28)19(34)23(38)20(35)14(8)29)39-2-4(3)7-11(26)17(32)22(37)18(33)12(7)27/h1-2H. The molecule has 0 aliphatic carbocycles. The van der Waals surface area contributed by atoms with E-state index in [0.29, 0.717) is 0 Å². The topological polar surface area (TPSA) is 12.9 Å². The molecule has 0 N–H and O–H groups in total. The largest absolute Gasteiger partial charge is 0.255 e. The molecular formula is C23H2Cl15N. The molecule has 0 atom stereocenters. The van der Waals surface area contributed by atoms with Crippen LogP contribution in [-0.2, 0) is 0 Å². The third kappa shape index (κ3) is 5.61. The van der Waals surface area contributed by atoms with Crippen LogP contribution in [0.4, 0.5) is 0 Å². The summed E-state index contributed by atoms with van der Waals surface area (Å²) in [6, 6.07) is 1.50. The Bertz CT molecular complexity index is 1630. The summed E-state index contributed by atoms with van der Waals surface area (Å²) in [7, 11) is 0. The summed E-state index contributed by atoms with van der Waals surface area (Å²) in [6.07, 6.45) is 1.37. The number of rotatable bonds is 3. The van der Waals surface area contributed by atoms with Crippen molar-refractivity contribution in [3.8, 4) is 33.5 Å². The van der Waals surface area contributed by atoms with Gasteiger partial charge in [-0.1, -0.05) is 174 Å². The van der Waals surface area contributed by atoms with E-state index < -0.39 is 0 Å². The van der Waals surface area contributed by atoms with Gasteiger partial charge in [0.15, 0.2) is 0 Å².